The number of nitrogens with two attached hydrogens (primary N) is 2. The van der Waals surface area contributed by atoms with Gasteiger partial charge in [0.25, 0.3) is 5.91 Å². The number of thiophene rings is 1. The number of hydrogen-bond donors (Lipinski definition) is 3. The van der Waals surface area contributed by atoms with E-state index in [2.05, 4.69) is 5.32 Å². The van der Waals surface area contributed by atoms with E-state index in [1.165, 1.54) is 11.3 Å². The summed E-state index contributed by atoms with van der Waals surface area (Å²) in [6, 6.07) is 0. The number of nitrogen functional groups attached to an aromatic ring is 1. The Morgan fingerprint density at radius 3 is 2.71 bits per heavy atom. The fourth-order valence-corrected chi connectivity index (χ4v) is 3.38. The predicted octanol–water partition coefficient (Wildman–Crippen LogP) is 2.92. The molecule has 0 aromatic carbocycles. The molecule has 21 heavy (non-hydrogen) atoms. The van der Waals surface area contributed by atoms with E-state index in [0.717, 1.165) is 49.4 Å². The number of unbranched alkanes of at least 4 members (excludes halogenated alkanes) is 1. The van der Waals surface area contributed by atoms with Crippen molar-refractivity contribution in [3.8, 4) is 0 Å². The van der Waals surface area contributed by atoms with E-state index in [4.69, 9.17) is 16.2 Å². The lowest BCUT2D eigenvalue weighted by atomic mass is 10.1. The Balaban J connectivity index is 1.87. The van der Waals surface area contributed by atoms with Crippen LogP contribution in [0, 0.1) is 0 Å². The Bertz CT molecular complexity index is 495. The van der Waals surface area contributed by atoms with Crippen LogP contribution in [0.25, 0.3) is 0 Å². The van der Waals surface area contributed by atoms with Crippen molar-refractivity contribution in [2.24, 2.45) is 5.73 Å². The standard InChI is InChI=1S/C15H25N3O2S/c1-9(2)20-8-4-3-7-18-15-11(10-5-6-10)12(16)13(21-15)14(17)19/h9-10,18H,3-8,16H2,1-2H3,(H2,17,19). The predicted molar refractivity (Wildman–Crippen MR) is 88.0 cm³/mol. The third-order valence-electron chi connectivity index (χ3n) is 3.50. The van der Waals surface area contributed by atoms with Crippen molar-refractivity contribution in [1.82, 2.24) is 0 Å². The number of carbonyl (C=O) groups excluding carboxylic acids is 1. The first-order chi connectivity index (χ1) is 10.0. The summed E-state index contributed by atoms with van der Waals surface area (Å²) < 4.78 is 5.51. The zero-order valence-corrected chi connectivity index (χ0v) is 13.6. The molecule has 1 aromatic heterocycles. The second-order valence-electron chi connectivity index (χ2n) is 5.78. The van der Waals surface area contributed by atoms with Gasteiger partial charge in [-0.15, -0.1) is 11.3 Å². The lowest BCUT2D eigenvalue weighted by Crippen LogP contribution is -2.11. The molecule has 0 aliphatic heterocycles. The zero-order valence-electron chi connectivity index (χ0n) is 12.8. The fraction of sp³-hybridized carbons (Fsp3) is 0.667. The van der Waals surface area contributed by atoms with Crippen molar-refractivity contribution in [1.29, 1.82) is 0 Å². The topological polar surface area (TPSA) is 90.4 Å². The average Bonchev–Trinajstić information content (AvgIpc) is 3.18. The molecule has 118 valence electrons. The molecule has 1 aromatic rings. The Labute approximate surface area is 130 Å². The van der Waals surface area contributed by atoms with E-state index in [1.54, 1.807) is 0 Å². The number of rotatable bonds is 9. The second-order valence-corrected chi connectivity index (χ2v) is 6.80. The van der Waals surface area contributed by atoms with Crippen molar-refractivity contribution in [3.63, 3.8) is 0 Å². The molecule has 1 saturated carbocycles. The number of nitrogens with one attached hydrogen (secondary N) is 1. The van der Waals surface area contributed by atoms with Crippen molar-refractivity contribution in [2.75, 3.05) is 24.2 Å². The molecule has 1 amide bonds. The van der Waals surface area contributed by atoms with Crippen LogP contribution in [0.5, 0.6) is 0 Å². The maximum absolute atomic E-state index is 11.4. The van der Waals surface area contributed by atoms with Gasteiger partial charge in [-0.05, 0) is 45.4 Å². The summed E-state index contributed by atoms with van der Waals surface area (Å²) in [5.41, 5.74) is 13.2. The van der Waals surface area contributed by atoms with Gasteiger partial charge in [-0.25, -0.2) is 0 Å². The lowest BCUT2D eigenvalue weighted by molar-refractivity contribution is 0.0765. The highest BCUT2D eigenvalue weighted by Gasteiger charge is 2.32. The van der Waals surface area contributed by atoms with E-state index in [-0.39, 0.29) is 6.10 Å². The molecule has 1 aliphatic rings. The van der Waals surface area contributed by atoms with Gasteiger partial charge in [0.15, 0.2) is 0 Å². The molecular weight excluding hydrogens is 286 g/mol. The van der Waals surface area contributed by atoms with Gasteiger partial charge in [-0.3, -0.25) is 4.79 Å². The third kappa shape index (κ3) is 4.35. The number of amides is 1. The highest BCUT2D eigenvalue weighted by molar-refractivity contribution is 7.18. The van der Waals surface area contributed by atoms with Crippen LogP contribution >= 0.6 is 11.3 Å². The second kappa shape index (κ2) is 7.13. The van der Waals surface area contributed by atoms with Gasteiger partial charge < -0.3 is 21.5 Å². The molecule has 0 bridgehead atoms. The first kappa shape index (κ1) is 16.1. The van der Waals surface area contributed by atoms with Gasteiger partial charge in [0.05, 0.1) is 16.8 Å². The summed E-state index contributed by atoms with van der Waals surface area (Å²) in [7, 11) is 0. The Kier molecular flexibility index (Phi) is 5.47. The van der Waals surface area contributed by atoms with Crippen molar-refractivity contribution >= 4 is 27.9 Å². The van der Waals surface area contributed by atoms with Crippen LogP contribution in [0.15, 0.2) is 0 Å². The first-order valence-electron chi connectivity index (χ1n) is 7.58. The zero-order chi connectivity index (χ0) is 15.4. The van der Waals surface area contributed by atoms with Crippen molar-refractivity contribution in [2.45, 2.75) is 51.6 Å². The van der Waals surface area contributed by atoms with Gasteiger partial charge in [-0.1, -0.05) is 0 Å². The summed E-state index contributed by atoms with van der Waals surface area (Å²) >= 11 is 1.39. The maximum Gasteiger partial charge on any atom is 0.260 e. The van der Waals surface area contributed by atoms with Crippen LogP contribution in [-0.4, -0.2) is 25.2 Å². The van der Waals surface area contributed by atoms with Crippen LogP contribution in [0.4, 0.5) is 10.7 Å². The minimum absolute atomic E-state index is 0.287. The minimum Gasteiger partial charge on any atom is -0.397 e. The Morgan fingerprint density at radius 1 is 1.43 bits per heavy atom. The summed E-state index contributed by atoms with van der Waals surface area (Å²) in [5.74, 6) is 0.0684. The fourth-order valence-electron chi connectivity index (χ4n) is 2.30. The van der Waals surface area contributed by atoms with E-state index in [9.17, 15) is 4.79 Å². The van der Waals surface area contributed by atoms with E-state index in [1.807, 2.05) is 13.8 Å². The molecule has 6 heteroatoms. The molecule has 5 nitrogen and oxygen atoms in total. The van der Waals surface area contributed by atoms with Crippen LogP contribution in [0.3, 0.4) is 0 Å². The number of ether oxygens (including phenoxy) is 1. The molecule has 0 spiro atoms. The highest BCUT2D eigenvalue weighted by atomic mass is 32.1. The normalized spacial score (nSPS) is 14.6. The average molecular weight is 311 g/mol. The highest BCUT2D eigenvalue weighted by Crippen LogP contribution is 2.50. The van der Waals surface area contributed by atoms with Crippen molar-refractivity contribution < 1.29 is 9.53 Å². The van der Waals surface area contributed by atoms with E-state index < -0.39 is 5.91 Å². The molecule has 0 saturated heterocycles. The van der Waals surface area contributed by atoms with E-state index in [0.29, 0.717) is 16.5 Å². The van der Waals surface area contributed by atoms with E-state index >= 15 is 0 Å². The lowest BCUT2D eigenvalue weighted by Gasteiger charge is -2.09. The summed E-state index contributed by atoms with van der Waals surface area (Å²) in [4.78, 5) is 11.9. The summed E-state index contributed by atoms with van der Waals surface area (Å²) in [5, 5.41) is 4.44. The molecule has 2 rings (SSSR count). The van der Waals surface area contributed by atoms with Gasteiger partial charge in [-0.2, -0.15) is 0 Å². The summed E-state index contributed by atoms with van der Waals surface area (Å²) in [6.07, 6.45) is 4.63. The molecule has 0 atom stereocenters. The smallest absolute Gasteiger partial charge is 0.260 e. The number of anilines is 2. The van der Waals surface area contributed by atoms with Gasteiger partial charge in [0.1, 0.15) is 4.88 Å². The Morgan fingerprint density at radius 2 is 2.14 bits per heavy atom. The van der Waals surface area contributed by atoms with Crippen molar-refractivity contribution in [3.05, 3.63) is 10.4 Å². The van der Waals surface area contributed by atoms with Crippen LogP contribution < -0.4 is 16.8 Å². The third-order valence-corrected chi connectivity index (χ3v) is 4.69. The number of carbonyl (C=O) groups is 1. The van der Waals surface area contributed by atoms with Gasteiger partial charge in [0, 0.05) is 18.7 Å². The number of hydrogen-bond acceptors (Lipinski definition) is 5. The molecule has 1 aliphatic carbocycles. The monoisotopic (exact) mass is 311 g/mol. The maximum atomic E-state index is 11.4. The molecule has 0 radical (unpaired) electrons. The quantitative estimate of drug-likeness (QED) is 0.612. The van der Waals surface area contributed by atoms with Gasteiger partial charge in [0.2, 0.25) is 0 Å². The van der Waals surface area contributed by atoms with Crippen LogP contribution in [-0.2, 0) is 4.74 Å². The molecule has 5 N–H and O–H groups in total. The first-order valence-corrected chi connectivity index (χ1v) is 8.39. The summed E-state index contributed by atoms with van der Waals surface area (Å²) in [6.45, 7) is 5.73. The number of primary amides is 1. The molecule has 1 heterocycles. The largest absolute Gasteiger partial charge is 0.397 e. The molecule has 0 unspecified atom stereocenters. The molecular formula is C15H25N3O2S. The van der Waals surface area contributed by atoms with Crippen LogP contribution in [0.1, 0.15) is 60.7 Å². The van der Waals surface area contributed by atoms with Crippen LogP contribution in [0.2, 0.25) is 0 Å². The van der Waals surface area contributed by atoms with Gasteiger partial charge >= 0.3 is 0 Å². The Hall–Kier alpha value is -1.27. The minimum atomic E-state index is -0.433. The molecule has 1 fully saturated rings. The SMILES string of the molecule is CC(C)OCCCCNc1sc(C(N)=O)c(N)c1C1CC1.